The van der Waals surface area contributed by atoms with E-state index in [4.69, 9.17) is 20.8 Å². The lowest BCUT2D eigenvalue weighted by Gasteiger charge is -2.11. The summed E-state index contributed by atoms with van der Waals surface area (Å²) in [6.45, 7) is 2.04. The second-order valence-corrected chi connectivity index (χ2v) is 7.43. The van der Waals surface area contributed by atoms with E-state index in [9.17, 15) is 9.59 Å². The van der Waals surface area contributed by atoms with Crippen molar-refractivity contribution in [3.05, 3.63) is 82.1 Å². The summed E-state index contributed by atoms with van der Waals surface area (Å²) in [5.41, 5.74) is 3.89. The molecule has 0 saturated heterocycles. The fraction of sp³-hybridized carbons (Fsp3) is 0.0870. The average molecular weight is 419 g/mol. The van der Waals surface area contributed by atoms with E-state index in [0.717, 1.165) is 11.1 Å². The van der Waals surface area contributed by atoms with Gasteiger partial charge in [-0.2, -0.15) is 10.1 Å². The highest BCUT2D eigenvalue weighted by atomic mass is 35.5. The Labute approximate surface area is 177 Å². The molecular formula is C23H15ClN2O4. The predicted molar refractivity (Wildman–Crippen MR) is 113 cm³/mol. The van der Waals surface area contributed by atoms with E-state index in [0.29, 0.717) is 39.1 Å². The summed E-state index contributed by atoms with van der Waals surface area (Å²) >= 11 is 6.04. The largest absolute Gasteiger partial charge is 0.457 e. The summed E-state index contributed by atoms with van der Waals surface area (Å²) in [7, 11) is 0. The van der Waals surface area contributed by atoms with E-state index >= 15 is 0 Å². The number of ether oxygens (including phenoxy) is 1. The Balaban J connectivity index is 1.43. The first-order valence-corrected chi connectivity index (χ1v) is 9.65. The van der Waals surface area contributed by atoms with Crippen LogP contribution in [-0.2, 0) is 16.1 Å². The van der Waals surface area contributed by atoms with Gasteiger partial charge in [0.25, 0.3) is 5.91 Å². The fourth-order valence-electron chi connectivity index (χ4n) is 3.48. The van der Waals surface area contributed by atoms with Gasteiger partial charge in [0, 0.05) is 16.1 Å². The molecule has 0 fully saturated rings. The minimum Gasteiger partial charge on any atom is -0.457 e. The molecule has 2 aliphatic rings. The number of cyclic esters (lactones) is 1. The van der Waals surface area contributed by atoms with E-state index in [1.165, 1.54) is 5.01 Å². The number of hydrogen-bond donors (Lipinski definition) is 0. The lowest BCUT2D eigenvalue weighted by atomic mass is 10.0. The Morgan fingerprint density at radius 1 is 1.10 bits per heavy atom. The van der Waals surface area contributed by atoms with E-state index < -0.39 is 0 Å². The van der Waals surface area contributed by atoms with Crippen LogP contribution in [0.25, 0.3) is 17.4 Å². The van der Waals surface area contributed by atoms with Crippen LogP contribution in [0, 0.1) is 0 Å². The number of rotatable bonds is 3. The van der Waals surface area contributed by atoms with Gasteiger partial charge in [-0.05, 0) is 55.5 Å². The molecule has 3 aromatic rings. The number of hydrogen-bond acceptors (Lipinski definition) is 5. The Morgan fingerprint density at radius 3 is 2.80 bits per heavy atom. The van der Waals surface area contributed by atoms with Gasteiger partial charge in [0.1, 0.15) is 18.1 Å². The smallest absolute Gasteiger partial charge is 0.338 e. The van der Waals surface area contributed by atoms with Gasteiger partial charge in [-0.1, -0.05) is 23.7 Å². The predicted octanol–water partition coefficient (Wildman–Crippen LogP) is 5.08. The molecule has 148 valence electrons. The zero-order valence-corrected chi connectivity index (χ0v) is 16.6. The Morgan fingerprint density at radius 2 is 1.97 bits per heavy atom. The molecule has 0 saturated carbocycles. The van der Waals surface area contributed by atoms with Crippen LogP contribution in [0.2, 0.25) is 5.02 Å². The molecule has 0 spiro atoms. The standard InChI is InChI=1S/C23H15ClN2O4/c1-13-20(22(27)26(25-13)17-4-2-3-16(24)10-17)11-18-6-8-21(30-18)14-5-7-19-15(9-14)12-29-23(19)28/h2-11H,12H2,1H3. The zero-order valence-electron chi connectivity index (χ0n) is 15.9. The summed E-state index contributed by atoms with van der Waals surface area (Å²) in [5.74, 6) is 0.612. The van der Waals surface area contributed by atoms with Gasteiger partial charge in [0.05, 0.1) is 22.5 Å². The summed E-state index contributed by atoms with van der Waals surface area (Å²) in [6, 6.07) is 16.0. The number of carbonyl (C=O) groups excluding carboxylic acids is 2. The number of amides is 1. The molecule has 6 nitrogen and oxygen atoms in total. The van der Waals surface area contributed by atoms with Crippen LogP contribution in [0.3, 0.4) is 0 Å². The van der Waals surface area contributed by atoms with Gasteiger partial charge in [0.15, 0.2) is 0 Å². The van der Waals surface area contributed by atoms with Crippen LogP contribution in [0.1, 0.15) is 28.6 Å². The summed E-state index contributed by atoms with van der Waals surface area (Å²) < 4.78 is 11.0. The maximum atomic E-state index is 12.9. The Kier molecular flexibility index (Phi) is 4.29. The number of fused-ring (bicyclic) bond motifs is 1. The molecule has 5 rings (SSSR count). The molecule has 0 N–H and O–H groups in total. The van der Waals surface area contributed by atoms with Crippen molar-refractivity contribution < 1.29 is 18.7 Å². The lowest BCUT2D eigenvalue weighted by Crippen LogP contribution is -2.21. The molecule has 7 heteroatoms. The number of halogens is 1. The monoisotopic (exact) mass is 418 g/mol. The van der Waals surface area contributed by atoms with Crippen LogP contribution < -0.4 is 5.01 Å². The minimum atomic E-state index is -0.305. The molecule has 3 heterocycles. The fourth-order valence-corrected chi connectivity index (χ4v) is 3.67. The first-order chi connectivity index (χ1) is 14.5. The van der Waals surface area contributed by atoms with Gasteiger partial charge in [-0.15, -0.1) is 0 Å². The number of anilines is 1. The first kappa shape index (κ1) is 18.4. The SMILES string of the molecule is CC1=NN(c2cccc(Cl)c2)C(=O)C1=Cc1ccc(-c2ccc3c(c2)COC3=O)o1. The molecule has 0 atom stereocenters. The van der Waals surface area contributed by atoms with Crippen molar-refractivity contribution >= 4 is 41.0 Å². The number of nitrogens with zero attached hydrogens (tertiary/aromatic N) is 2. The maximum Gasteiger partial charge on any atom is 0.338 e. The van der Waals surface area contributed by atoms with Crippen molar-refractivity contribution in [3.8, 4) is 11.3 Å². The molecule has 2 aromatic carbocycles. The first-order valence-electron chi connectivity index (χ1n) is 9.27. The van der Waals surface area contributed by atoms with Gasteiger partial charge >= 0.3 is 5.97 Å². The average Bonchev–Trinajstić information content (AvgIpc) is 3.42. The lowest BCUT2D eigenvalue weighted by molar-refractivity contribution is -0.114. The van der Waals surface area contributed by atoms with Crippen LogP contribution in [-0.4, -0.2) is 17.6 Å². The minimum absolute atomic E-state index is 0.249. The number of carbonyl (C=O) groups is 2. The van der Waals surface area contributed by atoms with E-state index in [1.54, 1.807) is 49.4 Å². The Bertz CT molecular complexity index is 1270. The van der Waals surface area contributed by atoms with Crippen molar-refractivity contribution in [1.82, 2.24) is 0 Å². The molecular weight excluding hydrogens is 404 g/mol. The van der Waals surface area contributed by atoms with Crippen LogP contribution in [0.4, 0.5) is 5.69 Å². The number of furan rings is 1. The van der Waals surface area contributed by atoms with Crippen molar-refractivity contribution in [2.75, 3.05) is 5.01 Å². The highest BCUT2D eigenvalue weighted by molar-refractivity contribution is 6.33. The normalized spacial score (nSPS) is 16.8. The van der Waals surface area contributed by atoms with Crippen molar-refractivity contribution in [1.29, 1.82) is 0 Å². The third-order valence-electron chi connectivity index (χ3n) is 5.00. The van der Waals surface area contributed by atoms with E-state index in [1.807, 2.05) is 18.2 Å². The third kappa shape index (κ3) is 3.11. The molecule has 0 bridgehead atoms. The summed E-state index contributed by atoms with van der Waals surface area (Å²) in [4.78, 5) is 24.5. The van der Waals surface area contributed by atoms with Crippen LogP contribution in [0.5, 0.6) is 0 Å². The molecule has 30 heavy (non-hydrogen) atoms. The van der Waals surface area contributed by atoms with Crippen molar-refractivity contribution in [2.45, 2.75) is 13.5 Å². The molecule has 0 aliphatic carbocycles. The summed E-state index contributed by atoms with van der Waals surface area (Å²) in [6.07, 6.45) is 1.68. The van der Waals surface area contributed by atoms with E-state index in [-0.39, 0.29) is 18.5 Å². The molecule has 0 radical (unpaired) electrons. The summed E-state index contributed by atoms with van der Waals surface area (Å²) in [5, 5.41) is 6.21. The maximum absolute atomic E-state index is 12.9. The number of hydrazone groups is 1. The molecule has 0 unspecified atom stereocenters. The topological polar surface area (TPSA) is 72.1 Å². The number of esters is 1. The van der Waals surface area contributed by atoms with E-state index in [2.05, 4.69) is 5.10 Å². The second kappa shape index (κ2) is 7.00. The highest BCUT2D eigenvalue weighted by Gasteiger charge is 2.29. The molecule has 1 amide bonds. The van der Waals surface area contributed by atoms with Crippen LogP contribution >= 0.6 is 11.6 Å². The Hall–Kier alpha value is -3.64. The van der Waals surface area contributed by atoms with Gasteiger partial charge < -0.3 is 9.15 Å². The van der Waals surface area contributed by atoms with Gasteiger partial charge in [0.2, 0.25) is 0 Å². The quantitative estimate of drug-likeness (QED) is 0.439. The highest BCUT2D eigenvalue weighted by Crippen LogP contribution is 2.30. The molecule has 2 aliphatic heterocycles. The molecule has 1 aromatic heterocycles. The van der Waals surface area contributed by atoms with Gasteiger partial charge in [-0.3, -0.25) is 4.79 Å². The third-order valence-corrected chi connectivity index (χ3v) is 5.23. The zero-order chi connectivity index (χ0) is 20.8. The van der Waals surface area contributed by atoms with Gasteiger partial charge in [-0.25, -0.2) is 4.79 Å². The van der Waals surface area contributed by atoms with Crippen molar-refractivity contribution in [2.24, 2.45) is 5.10 Å². The van der Waals surface area contributed by atoms with Crippen LogP contribution in [0.15, 0.2) is 69.7 Å². The number of benzene rings is 2. The second-order valence-electron chi connectivity index (χ2n) is 6.99. The van der Waals surface area contributed by atoms with Crippen molar-refractivity contribution in [3.63, 3.8) is 0 Å².